The third kappa shape index (κ3) is 2.87. The summed E-state index contributed by atoms with van der Waals surface area (Å²) in [7, 11) is 0. The van der Waals surface area contributed by atoms with Crippen LogP contribution in [-0.2, 0) is 9.59 Å². The molecule has 1 atom stereocenters. The first-order chi connectivity index (χ1) is 10.7. The molecule has 1 aliphatic heterocycles. The Morgan fingerprint density at radius 3 is 3.14 bits per heavy atom. The van der Waals surface area contributed by atoms with Crippen LogP contribution in [0, 0.1) is 0 Å². The lowest BCUT2D eigenvalue weighted by molar-refractivity contribution is -0.136. The van der Waals surface area contributed by atoms with Crippen LogP contribution in [0.3, 0.4) is 0 Å². The highest BCUT2D eigenvalue weighted by atomic mass is 32.1. The number of hydrogen-bond donors (Lipinski definition) is 2. The maximum absolute atomic E-state index is 12.3. The highest BCUT2D eigenvalue weighted by Gasteiger charge is 2.32. The lowest BCUT2D eigenvalue weighted by atomic mass is 10.2. The van der Waals surface area contributed by atoms with E-state index in [9.17, 15) is 9.59 Å². The number of rotatable bonds is 5. The van der Waals surface area contributed by atoms with Crippen LogP contribution >= 0.6 is 11.3 Å². The molecule has 1 aliphatic rings. The lowest BCUT2D eigenvalue weighted by Crippen LogP contribution is -2.44. The number of carbonyl (C=O) groups is 2. The molecule has 3 rings (SSSR count). The number of thiophene rings is 1. The summed E-state index contributed by atoms with van der Waals surface area (Å²) in [4.78, 5) is 34.3. The number of fused-ring (bicyclic) bond motifs is 1. The summed E-state index contributed by atoms with van der Waals surface area (Å²) in [5, 5.41) is 14.2. The van der Waals surface area contributed by atoms with Crippen LogP contribution < -0.4 is 10.2 Å². The zero-order valence-electron chi connectivity index (χ0n) is 11.9. The molecule has 1 fully saturated rings. The average Bonchev–Trinajstić information content (AvgIpc) is 3.15. The minimum Gasteiger partial charge on any atom is -0.481 e. The van der Waals surface area contributed by atoms with Crippen LogP contribution in [0.5, 0.6) is 0 Å². The Hall–Kier alpha value is -2.22. The number of carbonyl (C=O) groups excluding carboxylic acids is 1. The molecule has 7 nitrogen and oxygen atoms in total. The van der Waals surface area contributed by atoms with Gasteiger partial charge in [0.2, 0.25) is 5.91 Å². The van der Waals surface area contributed by atoms with E-state index in [1.54, 1.807) is 11.3 Å². The van der Waals surface area contributed by atoms with Gasteiger partial charge in [0.15, 0.2) is 0 Å². The molecule has 0 aliphatic carbocycles. The molecule has 2 N–H and O–H groups in total. The number of carboxylic acid groups (broad SMARTS) is 1. The second-order valence-corrected chi connectivity index (χ2v) is 6.02. The molecule has 2 aromatic heterocycles. The topological polar surface area (TPSA) is 95.4 Å². The highest BCUT2D eigenvalue weighted by Crippen LogP contribution is 2.31. The summed E-state index contributed by atoms with van der Waals surface area (Å²) in [6.07, 6.45) is 3.10. The molecular formula is C14H16N4O3S. The van der Waals surface area contributed by atoms with Gasteiger partial charge in [0, 0.05) is 13.1 Å². The number of carboxylic acids is 1. The minimum absolute atomic E-state index is 0.0687. The Morgan fingerprint density at radius 2 is 2.32 bits per heavy atom. The first kappa shape index (κ1) is 14.7. The van der Waals surface area contributed by atoms with Crippen LogP contribution in [0.1, 0.15) is 19.3 Å². The van der Waals surface area contributed by atoms with Crippen molar-refractivity contribution in [2.45, 2.75) is 25.3 Å². The number of nitrogens with zero attached hydrogens (tertiary/aromatic N) is 3. The molecule has 8 heteroatoms. The Bertz CT molecular complexity index is 702. The first-order valence-electron chi connectivity index (χ1n) is 7.11. The SMILES string of the molecule is O=C(O)CCNC(=O)C1CCCN1c1ncnc2sccc12. The molecule has 0 radical (unpaired) electrons. The third-order valence-electron chi connectivity index (χ3n) is 3.71. The van der Waals surface area contributed by atoms with Gasteiger partial charge in [-0.2, -0.15) is 0 Å². The van der Waals surface area contributed by atoms with E-state index in [4.69, 9.17) is 5.11 Å². The monoisotopic (exact) mass is 320 g/mol. The van der Waals surface area contributed by atoms with Crippen molar-refractivity contribution >= 4 is 39.2 Å². The van der Waals surface area contributed by atoms with Gasteiger partial charge in [-0.25, -0.2) is 9.97 Å². The van der Waals surface area contributed by atoms with Crippen molar-refractivity contribution in [3.8, 4) is 0 Å². The summed E-state index contributed by atoms with van der Waals surface area (Å²) >= 11 is 1.54. The smallest absolute Gasteiger partial charge is 0.305 e. The number of nitrogens with one attached hydrogen (secondary N) is 1. The van der Waals surface area contributed by atoms with Crippen molar-refractivity contribution in [2.24, 2.45) is 0 Å². The fourth-order valence-electron chi connectivity index (χ4n) is 2.71. The van der Waals surface area contributed by atoms with Gasteiger partial charge >= 0.3 is 5.97 Å². The van der Waals surface area contributed by atoms with Crippen LogP contribution in [0.15, 0.2) is 17.8 Å². The van der Waals surface area contributed by atoms with Crippen molar-refractivity contribution in [3.63, 3.8) is 0 Å². The van der Waals surface area contributed by atoms with Crippen LogP contribution in [-0.4, -0.2) is 46.1 Å². The number of aromatic nitrogens is 2. The number of aliphatic carboxylic acids is 1. The first-order valence-corrected chi connectivity index (χ1v) is 7.99. The van der Waals surface area contributed by atoms with Gasteiger partial charge in [-0.3, -0.25) is 9.59 Å². The van der Waals surface area contributed by atoms with Gasteiger partial charge in [0.1, 0.15) is 23.0 Å². The van der Waals surface area contributed by atoms with Crippen LogP contribution in [0.4, 0.5) is 5.82 Å². The van der Waals surface area contributed by atoms with Crippen molar-refractivity contribution in [2.75, 3.05) is 18.0 Å². The van der Waals surface area contributed by atoms with Gasteiger partial charge in [0.05, 0.1) is 11.8 Å². The van der Waals surface area contributed by atoms with Crippen molar-refractivity contribution in [1.29, 1.82) is 0 Å². The molecule has 0 spiro atoms. The Morgan fingerprint density at radius 1 is 1.45 bits per heavy atom. The Kier molecular flexibility index (Phi) is 4.19. The van der Waals surface area contributed by atoms with E-state index >= 15 is 0 Å². The predicted octanol–water partition coefficient (Wildman–Crippen LogP) is 1.25. The molecular weight excluding hydrogens is 304 g/mol. The molecule has 1 amide bonds. The number of amides is 1. The zero-order valence-corrected chi connectivity index (χ0v) is 12.7. The van der Waals surface area contributed by atoms with Gasteiger partial charge in [-0.1, -0.05) is 0 Å². The van der Waals surface area contributed by atoms with Crippen molar-refractivity contribution in [3.05, 3.63) is 17.8 Å². The van der Waals surface area contributed by atoms with E-state index in [0.717, 1.165) is 35.4 Å². The standard InChI is InChI=1S/C14H16N4O3S/c19-11(20)3-5-15-13(21)10-2-1-6-18(10)12-9-4-7-22-14(9)17-8-16-12/h4,7-8,10H,1-3,5-6H2,(H,15,21)(H,19,20). The van der Waals surface area contributed by atoms with Crippen LogP contribution in [0.2, 0.25) is 0 Å². The zero-order chi connectivity index (χ0) is 15.5. The predicted molar refractivity (Wildman–Crippen MR) is 83.0 cm³/mol. The second-order valence-electron chi connectivity index (χ2n) is 5.12. The summed E-state index contributed by atoms with van der Waals surface area (Å²) in [6.45, 7) is 0.912. The van der Waals surface area contributed by atoms with E-state index in [1.165, 1.54) is 6.33 Å². The Balaban J connectivity index is 1.77. The Labute approximate surface area is 131 Å². The molecule has 22 heavy (non-hydrogen) atoms. The van der Waals surface area contributed by atoms with E-state index in [1.807, 2.05) is 16.3 Å². The van der Waals surface area contributed by atoms with E-state index in [0.29, 0.717) is 0 Å². The molecule has 0 aromatic carbocycles. The summed E-state index contributed by atoms with van der Waals surface area (Å²) in [6, 6.07) is 1.67. The van der Waals surface area contributed by atoms with E-state index in [-0.39, 0.29) is 24.9 Å². The van der Waals surface area contributed by atoms with Crippen molar-refractivity contribution < 1.29 is 14.7 Å². The normalized spacial score (nSPS) is 17.8. The van der Waals surface area contributed by atoms with E-state index < -0.39 is 5.97 Å². The fourth-order valence-corrected chi connectivity index (χ4v) is 3.44. The third-order valence-corrected chi connectivity index (χ3v) is 4.53. The molecule has 116 valence electrons. The quantitative estimate of drug-likeness (QED) is 0.861. The van der Waals surface area contributed by atoms with Gasteiger partial charge in [-0.05, 0) is 24.3 Å². The molecule has 1 saturated heterocycles. The lowest BCUT2D eigenvalue weighted by Gasteiger charge is -2.25. The molecule has 1 unspecified atom stereocenters. The maximum Gasteiger partial charge on any atom is 0.305 e. The molecule has 2 aromatic rings. The fraction of sp³-hybridized carbons (Fsp3) is 0.429. The minimum atomic E-state index is -0.917. The highest BCUT2D eigenvalue weighted by molar-refractivity contribution is 7.16. The average molecular weight is 320 g/mol. The summed E-state index contributed by atoms with van der Waals surface area (Å²) in [5.74, 6) is -0.276. The summed E-state index contributed by atoms with van der Waals surface area (Å²) in [5.41, 5.74) is 0. The largest absolute Gasteiger partial charge is 0.481 e. The van der Waals surface area contributed by atoms with E-state index in [2.05, 4.69) is 15.3 Å². The van der Waals surface area contributed by atoms with Crippen LogP contribution in [0.25, 0.3) is 10.2 Å². The van der Waals surface area contributed by atoms with Gasteiger partial charge < -0.3 is 15.3 Å². The van der Waals surface area contributed by atoms with Crippen molar-refractivity contribution in [1.82, 2.24) is 15.3 Å². The van der Waals surface area contributed by atoms with Gasteiger partial charge in [-0.15, -0.1) is 11.3 Å². The molecule has 0 saturated carbocycles. The maximum atomic E-state index is 12.3. The number of hydrogen-bond acceptors (Lipinski definition) is 6. The summed E-state index contributed by atoms with van der Waals surface area (Å²) < 4.78 is 0. The molecule has 3 heterocycles. The van der Waals surface area contributed by atoms with Gasteiger partial charge in [0.25, 0.3) is 0 Å². The number of anilines is 1. The molecule has 0 bridgehead atoms. The second kappa shape index (κ2) is 6.27.